The van der Waals surface area contributed by atoms with Crippen molar-refractivity contribution in [1.29, 1.82) is 0 Å². The Morgan fingerprint density at radius 3 is 1.40 bits per heavy atom. The Morgan fingerprint density at radius 2 is 0.975 bits per heavy atom. The summed E-state index contributed by atoms with van der Waals surface area (Å²) in [6.45, 7) is 6.03. The molecule has 0 spiro atoms. The van der Waals surface area contributed by atoms with Crippen LogP contribution in [0.3, 0.4) is 0 Å². The highest BCUT2D eigenvalue weighted by molar-refractivity contribution is 5.59. The second-order valence-corrected chi connectivity index (χ2v) is 11.7. The molecule has 40 heavy (non-hydrogen) atoms. The van der Waals surface area contributed by atoms with E-state index in [4.69, 9.17) is 9.47 Å². The van der Waals surface area contributed by atoms with Crippen LogP contribution in [-0.4, -0.2) is 13.2 Å². The van der Waals surface area contributed by atoms with Crippen LogP contribution in [-0.2, 0) is 9.47 Å². The Labute approximate surface area is 237 Å². The first-order chi connectivity index (χ1) is 19.7. The van der Waals surface area contributed by atoms with Gasteiger partial charge in [0.2, 0.25) is 0 Å². The molecule has 0 unspecified atom stereocenters. The van der Waals surface area contributed by atoms with Gasteiger partial charge in [0.1, 0.15) is 0 Å². The Morgan fingerprint density at radius 1 is 0.550 bits per heavy atom. The van der Waals surface area contributed by atoms with Crippen LogP contribution in [0.4, 0.5) is 11.4 Å². The van der Waals surface area contributed by atoms with E-state index in [2.05, 4.69) is 122 Å². The van der Waals surface area contributed by atoms with Crippen molar-refractivity contribution in [2.45, 2.75) is 51.0 Å². The summed E-state index contributed by atoms with van der Waals surface area (Å²) in [5.74, 6) is 1.07. The third-order valence-corrected chi connectivity index (χ3v) is 9.10. The maximum Gasteiger partial charge on any atom is 0.0896 e. The van der Waals surface area contributed by atoms with Gasteiger partial charge in [-0.05, 0) is 49.9 Å². The van der Waals surface area contributed by atoms with Gasteiger partial charge in [-0.25, -0.2) is 0 Å². The smallest absolute Gasteiger partial charge is 0.0896 e. The summed E-state index contributed by atoms with van der Waals surface area (Å²) in [6, 6.07) is 35.5. The number of nitrogens with one attached hydrogen (secondary N) is 2. The van der Waals surface area contributed by atoms with E-state index in [-0.39, 0.29) is 12.2 Å². The average Bonchev–Trinajstić information content (AvgIpc) is 3.69. The van der Waals surface area contributed by atoms with Crippen molar-refractivity contribution < 1.29 is 9.47 Å². The van der Waals surface area contributed by atoms with Gasteiger partial charge in [0, 0.05) is 47.6 Å². The van der Waals surface area contributed by atoms with Crippen molar-refractivity contribution in [2.75, 3.05) is 23.8 Å². The average molecular weight is 531 g/mol. The number of hydrogen-bond donors (Lipinski definition) is 2. The Kier molecular flexibility index (Phi) is 6.82. The van der Waals surface area contributed by atoms with Crippen molar-refractivity contribution in [2.24, 2.45) is 11.8 Å². The molecule has 4 aromatic carbocycles. The predicted octanol–water partition coefficient (Wildman–Crippen LogP) is 8.48. The third-order valence-electron chi connectivity index (χ3n) is 9.10. The molecule has 204 valence electrons. The monoisotopic (exact) mass is 530 g/mol. The van der Waals surface area contributed by atoms with E-state index in [0.717, 1.165) is 26.1 Å². The largest absolute Gasteiger partial charge is 0.378 e. The van der Waals surface area contributed by atoms with E-state index in [1.165, 1.54) is 44.8 Å². The van der Waals surface area contributed by atoms with Gasteiger partial charge in [-0.15, -0.1) is 0 Å². The summed E-state index contributed by atoms with van der Waals surface area (Å²) in [4.78, 5) is 0. The molecule has 0 amide bonds. The van der Waals surface area contributed by atoms with Crippen LogP contribution in [0.15, 0.2) is 97.1 Å². The van der Waals surface area contributed by atoms with Gasteiger partial charge in [-0.3, -0.25) is 0 Å². The second-order valence-electron chi connectivity index (χ2n) is 11.7. The van der Waals surface area contributed by atoms with Gasteiger partial charge in [-0.1, -0.05) is 96.1 Å². The molecular formula is C36H38N2O2. The molecule has 4 heterocycles. The number of hydrogen-bond acceptors (Lipinski definition) is 4. The molecule has 4 heteroatoms. The Balaban J connectivity index is 0.000000132. The fourth-order valence-electron chi connectivity index (χ4n) is 7.16. The van der Waals surface area contributed by atoms with Gasteiger partial charge in [0.05, 0.1) is 24.3 Å². The number of rotatable bonds is 2. The molecule has 8 rings (SSSR count). The fraction of sp³-hybridized carbons (Fsp3) is 0.333. The van der Waals surface area contributed by atoms with Gasteiger partial charge >= 0.3 is 0 Å². The van der Waals surface area contributed by atoms with Crippen molar-refractivity contribution in [1.82, 2.24) is 0 Å². The lowest BCUT2D eigenvalue weighted by Crippen LogP contribution is -2.29. The van der Waals surface area contributed by atoms with Crippen LogP contribution in [0.5, 0.6) is 0 Å². The van der Waals surface area contributed by atoms with Crippen LogP contribution < -0.4 is 10.6 Å². The highest BCUT2D eigenvalue weighted by atomic mass is 16.5. The summed E-state index contributed by atoms with van der Waals surface area (Å²) < 4.78 is 12.1. The molecule has 2 N–H and O–H groups in total. The van der Waals surface area contributed by atoms with E-state index in [0.29, 0.717) is 23.9 Å². The molecular weight excluding hydrogens is 492 g/mol. The molecule has 4 aliphatic rings. The maximum absolute atomic E-state index is 6.05. The zero-order valence-corrected chi connectivity index (χ0v) is 23.3. The first-order valence-corrected chi connectivity index (χ1v) is 14.7. The molecule has 0 saturated carbocycles. The first kappa shape index (κ1) is 25.4. The minimum absolute atomic E-state index is 0.247. The molecule has 0 bridgehead atoms. The van der Waals surface area contributed by atoms with Crippen LogP contribution in [0, 0.1) is 25.7 Å². The molecule has 0 aliphatic carbocycles. The minimum Gasteiger partial charge on any atom is -0.378 e. The molecule has 6 atom stereocenters. The standard InChI is InChI=1S/2C18H19NO/c2*1-12-7-8-16-15(11-12)18-14(9-10-20-18)17(19-16)13-5-3-2-4-6-13/h2*2-8,11,14,17-19H,9-10H2,1H3/t14-,17+,18-;14-,17-,18-/m01/s1. The van der Waals surface area contributed by atoms with Crippen LogP contribution in [0.1, 0.15) is 70.5 Å². The van der Waals surface area contributed by atoms with Crippen LogP contribution in [0.2, 0.25) is 0 Å². The summed E-state index contributed by atoms with van der Waals surface area (Å²) in [7, 11) is 0. The van der Waals surface area contributed by atoms with Gasteiger partial charge in [-0.2, -0.15) is 0 Å². The lowest BCUT2D eigenvalue weighted by atomic mass is 9.81. The Hall–Kier alpha value is -3.60. The molecule has 0 radical (unpaired) electrons. The number of ether oxygens (including phenoxy) is 2. The number of aryl methyl sites for hydroxylation is 2. The fourth-order valence-corrected chi connectivity index (χ4v) is 7.16. The maximum atomic E-state index is 6.05. The van der Waals surface area contributed by atoms with E-state index in [1.54, 1.807) is 0 Å². The zero-order valence-electron chi connectivity index (χ0n) is 23.3. The minimum atomic E-state index is 0.247. The Bertz CT molecular complexity index is 1360. The number of fused-ring (bicyclic) bond motifs is 6. The zero-order chi connectivity index (χ0) is 27.1. The van der Waals surface area contributed by atoms with Crippen molar-refractivity contribution in [3.8, 4) is 0 Å². The lowest BCUT2D eigenvalue weighted by Gasteiger charge is -2.36. The second kappa shape index (κ2) is 10.8. The topological polar surface area (TPSA) is 42.5 Å². The molecule has 0 aromatic heterocycles. The van der Waals surface area contributed by atoms with Crippen LogP contribution in [0.25, 0.3) is 0 Å². The lowest BCUT2D eigenvalue weighted by molar-refractivity contribution is 0.0828. The quantitative estimate of drug-likeness (QED) is 0.273. The van der Waals surface area contributed by atoms with E-state index < -0.39 is 0 Å². The highest BCUT2D eigenvalue weighted by Crippen LogP contribution is 2.51. The van der Waals surface area contributed by atoms with E-state index in [1.807, 2.05) is 0 Å². The highest BCUT2D eigenvalue weighted by Gasteiger charge is 2.42. The molecule has 4 aliphatic heterocycles. The summed E-state index contributed by atoms with van der Waals surface area (Å²) in [6.07, 6.45) is 2.75. The molecule has 2 saturated heterocycles. The summed E-state index contributed by atoms with van der Waals surface area (Å²) in [5.41, 5.74) is 10.5. The van der Waals surface area contributed by atoms with Crippen molar-refractivity contribution >= 4 is 11.4 Å². The molecule has 4 nitrogen and oxygen atoms in total. The number of anilines is 2. The van der Waals surface area contributed by atoms with Gasteiger partial charge in [0.25, 0.3) is 0 Å². The van der Waals surface area contributed by atoms with Crippen LogP contribution >= 0.6 is 0 Å². The third kappa shape index (κ3) is 4.70. The van der Waals surface area contributed by atoms with Gasteiger partial charge in [0.15, 0.2) is 0 Å². The van der Waals surface area contributed by atoms with E-state index in [9.17, 15) is 0 Å². The summed E-state index contributed by atoms with van der Waals surface area (Å²) >= 11 is 0. The van der Waals surface area contributed by atoms with Gasteiger partial charge < -0.3 is 20.1 Å². The van der Waals surface area contributed by atoms with Crippen molar-refractivity contribution in [3.63, 3.8) is 0 Å². The molecule has 4 aromatic rings. The first-order valence-electron chi connectivity index (χ1n) is 14.7. The summed E-state index contributed by atoms with van der Waals surface area (Å²) in [5, 5.41) is 7.46. The predicted molar refractivity (Wildman–Crippen MR) is 162 cm³/mol. The molecule has 2 fully saturated rings. The SMILES string of the molecule is Cc1ccc2c(c1)[C@@H]1OCC[C@@H]1[C@@H](c1ccccc1)N2.Cc1ccc2c(c1)[C@H]1OCC[C@H]1[C@@H](c1ccccc1)N2. The van der Waals surface area contributed by atoms with Crippen molar-refractivity contribution in [3.05, 3.63) is 130 Å². The normalized spacial score (nSPS) is 27.6. The van der Waals surface area contributed by atoms with E-state index >= 15 is 0 Å². The number of benzene rings is 4.